The molecular formula is C26H50N6O4. The monoisotopic (exact) mass is 510 g/mol. The van der Waals surface area contributed by atoms with Crippen molar-refractivity contribution >= 4 is 23.6 Å². The Kier molecular flexibility index (Phi) is 17.6. The lowest BCUT2D eigenvalue weighted by molar-refractivity contribution is -0.132. The van der Waals surface area contributed by atoms with Crippen LogP contribution in [0, 0.1) is 0 Å². The molecule has 0 aromatic heterocycles. The minimum Gasteiger partial charge on any atom is -0.351 e. The van der Waals surface area contributed by atoms with E-state index in [0.29, 0.717) is 45.2 Å². The third-order valence-electron chi connectivity index (χ3n) is 6.56. The summed E-state index contributed by atoms with van der Waals surface area (Å²) >= 11 is 0. The maximum atomic E-state index is 13.2. The average Bonchev–Trinajstić information content (AvgIpc) is 2.85. The standard InChI is InChI=1S/C26H50N6O4/c1-2-3-4-5-6-7-8-13-20-18-23(33)29-19-24(34)31-21(14-9-11-16-27)26(36)32-22(25(35)30-20)15-10-12-17-28/h20-22H,2-19,27-28H2,1H3,(H,29,33)(H,30,35)(H,31,34)(H,32,36)/t20-,21+,22+/m1/s1. The lowest BCUT2D eigenvalue weighted by atomic mass is 10.0. The minimum atomic E-state index is -0.796. The number of carbonyl (C=O) groups excluding carboxylic acids is 4. The predicted octanol–water partition coefficient (Wildman–Crippen LogP) is 1.36. The lowest BCUT2D eigenvalue weighted by Crippen LogP contribution is -2.55. The maximum absolute atomic E-state index is 13.2. The molecule has 0 aromatic rings. The number of rotatable bonds is 16. The summed E-state index contributed by atoms with van der Waals surface area (Å²) in [7, 11) is 0. The van der Waals surface area contributed by atoms with Crippen molar-refractivity contribution in [3.05, 3.63) is 0 Å². The second-order valence-corrected chi connectivity index (χ2v) is 9.85. The van der Waals surface area contributed by atoms with Crippen molar-refractivity contribution in [2.24, 2.45) is 11.5 Å². The summed E-state index contributed by atoms with van der Waals surface area (Å²) in [5, 5.41) is 11.2. The van der Waals surface area contributed by atoms with E-state index in [1.54, 1.807) is 0 Å². The van der Waals surface area contributed by atoms with Crippen LogP contribution in [0.25, 0.3) is 0 Å². The minimum absolute atomic E-state index is 0.0955. The molecule has 4 amide bonds. The summed E-state index contributed by atoms with van der Waals surface area (Å²) in [4.78, 5) is 51.3. The Bertz CT molecular complexity index is 660. The van der Waals surface area contributed by atoms with Crippen LogP contribution in [0.1, 0.15) is 103 Å². The second kappa shape index (κ2) is 19.9. The molecule has 10 heteroatoms. The number of nitrogens with two attached hydrogens (primary N) is 2. The summed E-state index contributed by atoms with van der Waals surface area (Å²) < 4.78 is 0. The fourth-order valence-electron chi connectivity index (χ4n) is 4.39. The van der Waals surface area contributed by atoms with Crippen molar-refractivity contribution in [2.45, 2.75) is 121 Å². The molecule has 1 saturated heterocycles. The van der Waals surface area contributed by atoms with Gasteiger partial charge < -0.3 is 32.7 Å². The first-order chi connectivity index (χ1) is 17.4. The van der Waals surface area contributed by atoms with Crippen LogP contribution in [0.2, 0.25) is 0 Å². The Morgan fingerprint density at radius 1 is 0.639 bits per heavy atom. The van der Waals surface area contributed by atoms with Crippen LogP contribution in [0.4, 0.5) is 0 Å². The van der Waals surface area contributed by atoms with Crippen molar-refractivity contribution < 1.29 is 19.2 Å². The molecule has 208 valence electrons. The first-order valence-corrected chi connectivity index (χ1v) is 14.0. The van der Waals surface area contributed by atoms with Crippen LogP contribution in [0.5, 0.6) is 0 Å². The quantitative estimate of drug-likeness (QED) is 0.171. The van der Waals surface area contributed by atoms with Crippen molar-refractivity contribution in [1.29, 1.82) is 0 Å². The number of carbonyl (C=O) groups is 4. The first-order valence-electron chi connectivity index (χ1n) is 14.0. The van der Waals surface area contributed by atoms with Crippen molar-refractivity contribution in [3.63, 3.8) is 0 Å². The third kappa shape index (κ3) is 14.4. The van der Waals surface area contributed by atoms with E-state index < -0.39 is 23.9 Å². The van der Waals surface area contributed by atoms with Crippen molar-refractivity contribution in [1.82, 2.24) is 21.3 Å². The predicted molar refractivity (Wildman–Crippen MR) is 142 cm³/mol. The molecule has 0 unspecified atom stereocenters. The molecule has 0 aliphatic carbocycles. The molecule has 0 saturated carbocycles. The van der Waals surface area contributed by atoms with E-state index in [0.717, 1.165) is 32.1 Å². The van der Waals surface area contributed by atoms with E-state index in [1.165, 1.54) is 25.7 Å². The molecule has 1 fully saturated rings. The Morgan fingerprint density at radius 3 is 1.78 bits per heavy atom. The second-order valence-electron chi connectivity index (χ2n) is 9.85. The zero-order valence-corrected chi connectivity index (χ0v) is 22.2. The fraction of sp³-hybridized carbons (Fsp3) is 0.846. The van der Waals surface area contributed by atoms with Crippen LogP contribution < -0.4 is 32.7 Å². The molecule has 1 aliphatic rings. The third-order valence-corrected chi connectivity index (χ3v) is 6.56. The highest BCUT2D eigenvalue weighted by Gasteiger charge is 2.29. The summed E-state index contributed by atoms with van der Waals surface area (Å²) in [5.74, 6) is -1.43. The van der Waals surface area contributed by atoms with Gasteiger partial charge in [0.2, 0.25) is 23.6 Å². The summed E-state index contributed by atoms with van der Waals surface area (Å²) in [6, 6.07) is -1.90. The van der Waals surface area contributed by atoms with E-state index in [1.807, 2.05) is 0 Å². The summed E-state index contributed by atoms with van der Waals surface area (Å²) in [6.45, 7) is 2.97. The van der Waals surface area contributed by atoms with Gasteiger partial charge in [0.25, 0.3) is 0 Å². The van der Waals surface area contributed by atoms with Gasteiger partial charge in [-0.25, -0.2) is 0 Å². The highest BCUT2D eigenvalue weighted by atomic mass is 16.2. The molecule has 3 atom stereocenters. The Hall–Kier alpha value is -2.20. The topological polar surface area (TPSA) is 168 Å². The van der Waals surface area contributed by atoms with Crippen LogP contribution in [-0.4, -0.2) is 61.4 Å². The number of unbranched alkanes of at least 4 members (excludes halogenated alkanes) is 8. The molecule has 10 nitrogen and oxygen atoms in total. The molecule has 0 radical (unpaired) electrons. The lowest BCUT2D eigenvalue weighted by Gasteiger charge is -2.25. The largest absolute Gasteiger partial charge is 0.351 e. The number of amides is 4. The highest BCUT2D eigenvalue weighted by molar-refractivity contribution is 5.93. The van der Waals surface area contributed by atoms with E-state index >= 15 is 0 Å². The SMILES string of the molecule is CCCCCCCCC[C@@H]1CC(=O)NCC(=O)N[C@@H](CCCCN)C(=O)N[C@@H](CCCCN)C(=O)N1. The first kappa shape index (κ1) is 31.8. The van der Waals surface area contributed by atoms with E-state index in [4.69, 9.17) is 11.5 Å². The summed E-state index contributed by atoms with van der Waals surface area (Å²) in [5.41, 5.74) is 11.2. The van der Waals surface area contributed by atoms with Gasteiger partial charge in [0, 0.05) is 12.5 Å². The van der Waals surface area contributed by atoms with Gasteiger partial charge in [-0.2, -0.15) is 0 Å². The van der Waals surface area contributed by atoms with Crippen LogP contribution in [-0.2, 0) is 19.2 Å². The normalized spacial score (nSPS) is 21.9. The average molecular weight is 511 g/mol. The van der Waals surface area contributed by atoms with Crippen molar-refractivity contribution in [3.8, 4) is 0 Å². The Morgan fingerprint density at radius 2 is 1.17 bits per heavy atom. The molecule has 1 heterocycles. The zero-order chi connectivity index (χ0) is 26.6. The molecule has 0 aromatic carbocycles. The molecule has 8 N–H and O–H groups in total. The van der Waals surface area contributed by atoms with Gasteiger partial charge in [0.1, 0.15) is 12.1 Å². The number of hydrogen-bond donors (Lipinski definition) is 6. The van der Waals surface area contributed by atoms with Gasteiger partial charge >= 0.3 is 0 Å². The smallest absolute Gasteiger partial charge is 0.243 e. The van der Waals surface area contributed by atoms with Gasteiger partial charge in [0.05, 0.1) is 6.54 Å². The number of hydrogen-bond acceptors (Lipinski definition) is 6. The highest BCUT2D eigenvalue weighted by Crippen LogP contribution is 2.13. The van der Waals surface area contributed by atoms with Gasteiger partial charge in [-0.1, -0.05) is 51.9 Å². The van der Waals surface area contributed by atoms with Gasteiger partial charge in [0.15, 0.2) is 0 Å². The van der Waals surface area contributed by atoms with Crippen LogP contribution in [0.15, 0.2) is 0 Å². The Labute approximate surface area is 216 Å². The fourth-order valence-corrected chi connectivity index (χ4v) is 4.39. The molecular weight excluding hydrogens is 460 g/mol. The molecule has 1 aliphatic heterocycles. The maximum Gasteiger partial charge on any atom is 0.243 e. The summed E-state index contributed by atoms with van der Waals surface area (Å²) in [6.07, 6.45) is 12.4. The van der Waals surface area contributed by atoms with Crippen molar-refractivity contribution in [2.75, 3.05) is 19.6 Å². The number of nitrogens with one attached hydrogen (secondary N) is 4. The van der Waals surface area contributed by atoms with Crippen LogP contribution in [0.3, 0.4) is 0 Å². The molecule has 1 rings (SSSR count). The Balaban J connectivity index is 2.90. The van der Waals surface area contributed by atoms with Crippen LogP contribution >= 0.6 is 0 Å². The van der Waals surface area contributed by atoms with E-state index in [-0.39, 0.29) is 30.8 Å². The van der Waals surface area contributed by atoms with Gasteiger partial charge in [-0.3, -0.25) is 19.2 Å². The molecule has 0 spiro atoms. The van der Waals surface area contributed by atoms with Gasteiger partial charge in [-0.15, -0.1) is 0 Å². The van der Waals surface area contributed by atoms with E-state index in [2.05, 4.69) is 28.2 Å². The molecule has 36 heavy (non-hydrogen) atoms. The molecule has 0 bridgehead atoms. The van der Waals surface area contributed by atoms with Gasteiger partial charge in [-0.05, 0) is 58.0 Å². The van der Waals surface area contributed by atoms with E-state index in [9.17, 15) is 19.2 Å². The zero-order valence-electron chi connectivity index (χ0n) is 22.2.